The first-order valence-corrected chi connectivity index (χ1v) is 12.1. The van der Waals surface area contributed by atoms with E-state index in [9.17, 15) is 4.79 Å². The highest BCUT2D eigenvalue weighted by Gasteiger charge is 2.19. The summed E-state index contributed by atoms with van der Waals surface area (Å²) in [4.78, 5) is 12.9. The number of rotatable bonds is 12. The SMILES string of the molecule is CCC=CCCOc1c(OCC=C(C)CCC=C(C)C)c(=O)oc2cc(OC(C)(C)C)ccc12. The van der Waals surface area contributed by atoms with Gasteiger partial charge >= 0.3 is 5.63 Å². The molecule has 0 bridgehead atoms. The van der Waals surface area contributed by atoms with Crippen LogP contribution in [0, 0.1) is 0 Å². The van der Waals surface area contributed by atoms with Gasteiger partial charge in [-0.05, 0) is 85.4 Å². The molecule has 0 fully saturated rings. The molecule has 34 heavy (non-hydrogen) atoms. The average Bonchev–Trinajstić information content (AvgIpc) is 2.73. The lowest BCUT2D eigenvalue weighted by molar-refractivity contribution is 0.131. The number of hydrogen-bond donors (Lipinski definition) is 0. The van der Waals surface area contributed by atoms with E-state index in [0.717, 1.165) is 25.7 Å². The molecule has 0 atom stereocenters. The van der Waals surface area contributed by atoms with Crippen molar-refractivity contribution in [2.75, 3.05) is 13.2 Å². The van der Waals surface area contributed by atoms with Gasteiger partial charge in [0.2, 0.25) is 5.75 Å². The Hall–Kier alpha value is -2.95. The normalized spacial score (nSPS) is 12.3. The van der Waals surface area contributed by atoms with Gasteiger partial charge in [0.25, 0.3) is 0 Å². The van der Waals surface area contributed by atoms with Crippen LogP contribution in [0.3, 0.4) is 0 Å². The number of ether oxygens (including phenoxy) is 3. The summed E-state index contributed by atoms with van der Waals surface area (Å²) in [5, 5.41) is 0.680. The van der Waals surface area contributed by atoms with Crippen LogP contribution in [-0.2, 0) is 0 Å². The summed E-state index contributed by atoms with van der Waals surface area (Å²) >= 11 is 0. The Kier molecular flexibility index (Phi) is 10.5. The van der Waals surface area contributed by atoms with E-state index in [4.69, 9.17) is 18.6 Å². The molecule has 0 aliphatic heterocycles. The molecule has 186 valence electrons. The van der Waals surface area contributed by atoms with E-state index in [1.54, 1.807) is 6.07 Å². The van der Waals surface area contributed by atoms with Crippen molar-refractivity contribution in [3.63, 3.8) is 0 Å². The van der Waals surface area contributed by atoms with Gasteiger partial charge in [0, 0.05) is 6.07 Å². The molecule has 0 saturated carbocycles. The maximum absolute atomic E-state index is 12.9. The van der Waals surface area contributed by atoms with Crippen LogP contribution in [0.25, 0.3) is 11.0 Å². The molecule has 0 N–H and O–H groups in total. The predicted molar refractivity (Wildman–Crippen MR) is 140 cm³/mol. The summed E-state index contributed by atoms with van der Waals surface area (Å²) in [6.45, 7) is 15.0. The minimum absolute atomic E-state index is 0.102. The molecule has 0 aliphatic rings. The van der Waals surface area contributed by atoms with Crippen molar-refractivity contribution < 1.29 is 18.6 Å². The fourth-order valence-corrected chi connectivity index (χ4v) is 3.29. The van der Waals surface area contributed by atoms with Crippen molar-refractivity contribution in [3.8, 4) is 17.2 Å². The molecule has 0 saturated heterocycles. The summed E-state index contributed by atoms with van der Waals surface area (Å²) in [6.07, 6.45) is 12.0. The Labute approximate surface area is 204 Å². The zero-order valence-electron chi connectivity index (χ0n) is 21.8. The molecule has 2 rings (SSSR count). The first-order valence-electron chi connectivity index (χ1n) is 12.1. The minimum atomic E-state index is -0.560. The summed E-state index contributed by atoms with van der Waals surface area (Å²) < 4.78 is 23.5. The Balaban J connectivity index is 2.31. The van der Waals surface area contributed by atoms with Crippen molar-refractivity contribution >= 4 is 11.0 Å². The Morgan fingerprint density at radius 3 is 2.44 bits per heavy atom. The Morgan fingerprint density at radius 2 is 1.76 bits per heavy atom. The van der Waals surface area contributed by atoms with E-state index in [1.807, 2.05) is 39.0 Å². The van der Waals surface area contributed by atoms with Gasteiger partial charge in [-0.15, -0.1) is 0 Å². The number of benzene rings is 1. The second-order valence-corrected chi connectivity index (χ2v) is 9.62. The third kappa shape index (κ3) is 9.12. The molecule has 2 aromatic rings. The van der Waals surface area contributed by atoms with Crippen LogP contribution >= 0.6 is 0 Å². The van der Waals surface area contributed by atoms with Gasteiger partial charge in [-0.3, -0.25) is 0 Å². The standard InChI is InChI=1S/C29H40O5/c1-8-9-10-11-18-31-26-24-16-15-23(34-29(5,6)7)20-25(24)33-28(30)27(26)32-19-17-22(4)14-12-13-21(2)3/h9-10,13,15-17,20H,8,11-12,14,18-19H2,1-7H3. The van der Waals surface area contributed by atoms with Crippen LogP contribution in [0.5, 0.6) is 17.2 Å². The van der Waals surface area contributed by atoms with Crippen molar-refractivity contribution in [2.45, 2.75) is 79.8 Å². The van der Waals surface area contributed by atoms with Crippen LogP contribution in [0.15, 0.2) is 62.9 Å². The number of fused-ring (bicyclic) bond motifs is 1. The fourth-order valence-electron chi connectivity index (χ4n) is 3.29. The highest BCUT2D eigenvalue weighted by atomic mass is 16.5. The molecule has 0 radical (unpaired) electrons. The van der Waals surface area contributed by atoms with E-state index in [2.05, 4.69) is 45.9 Å². The van der Waals surface area contributed by atoms with E-state index >= 15 is 0 Å². The zero-order valence-corrected chi connectivity index (χ0v) is 21.8. The zero-order chi connectivity index (χ0) is 25.1. The summed E-state index contributed by atoms with van der Waals surface area (Å²) in [7, 11) is 0. The molecule has 5 nitrogen and oxygen atoms in total. The van der Waals surface area contributed by atoms with Crippen molar-refractivity contribution in [2.24, 2.45) is 0 Å². The van der Waals surface area contributed by atoms with Crippen molar-refractivity contribution in [3.05, 3.63) is 64.1 Å². The van der Waals surface area contributed by atoms with Gasteiger partial charge in [-0.1, -0.05) is 36.3 Å². The highest BCUT2D eigenvalue weighted by molar-refractivity contribution is 5.86. The molecule has 1 aromatic carbocycles. The van der Waals surface area contributed by atoms with Crippen molar-refractivity contribution in [1.82, 2.24) is 0 Å². The molecular formula is C29H40O5. The van der Waals surface area contributed by atoms with E-state index in [-0.39, 0.29) is 18.0 Å². The van der Waals surface area contributed by atoms with Gasteiger partial charge in [0.15, 0.2) is 5.75 Å². The van der Waals surface area contributed by atoms with Crippen LogP contribution < -0.4 is 19.8 Å². The minimum Gasteiger partial charge on any atom is -0.488 e. The molecule has 0 unspecified atom stereocenters. The molecular weight excluding hydrogens is 428 g/mol. The first-order chi connectivity index (χ1) is 16.1. The van der Waals surface area contributed by atoms with Crippen LogP contribution in [-0.4, -0.2) is 18.8 Å². The van der Waals surface area contributed by atoms with Gasteiger partial charge in [-0.25, -0.2) is 4.79 Å². The Morgan fingerprint density at radius 1 is 1.00 bits per heavy atom. The predicted octanol–water partition coefficient (Wildman–Crippen LogP) is 7.78. The molecule has 0 spiro atoms. The summed E-state index contributed by atoms with van der Waals surface area (Å²) in [6, 6.07) is 5.43. The van der Waals surface area contributed by atoms with Crippen LogP contribution in [0.1, 0.15) is 74.1 Å². The van der Waals surface area contributed by atoms with E-state index < -0.39 is 5.63 Å². The smallest absolute Gasteiger partial charge is 0.383 e. The third-order valence-electron chi connectivity index (χ3n) is 4.90. The van der Waals surface area contributed by atoms with Gasteiger partial charge in [0.1, 0.15) is 23.5 Å². The van der Waals surface area contributed by atoms with Crippen LogP contribution in [0.2, 0.25) is 0 Å². The maximum Gasteiger partial charge on any atom is 0.383 e. The number of allylic oxidation sites excluding steroid dienone is 4. The van der Waals surface area contributed by atoms with E-state index in [0.29, 0.717) is 29.1 Å². The molecule has 0 amide bonds. The lowest BCUT2D eigenvalue weighted by Crippen LogP contribution is -2.22. The number of hydrogen-bond acceptors (Lipinski definition) is 5. The van der Waals surface area contributed by atoms with Crippen molar-refractivity contribution in [1.29, 1.82) is 0 Å². The maximum atomic E-state index is 12.9. The van der Waals surface area contributed by atoms with Gasteiger partial charge in [-0.2, -0.15) is 0 Å². The summed E-state index contributed by atoms with van der Waals surface area (Å²) in [5.41, 5.74) is 2.00. The second-order valence-electron chi connectivity index (χ2n) is 9.62. The molecule has 1 heterocycles. The lowest BCUT2D eigenvalue weighted by atomic mass is 10.1. The molecule has 0 aliphatic carbocycles. The monoisotopic (exact) mass is 468 g/mol. The van der Waals surface area contributed by atoms with Crippen LogP contribution in [0.4, 0.5) is 0 Å². The second kappa shape index (κ2) is 13.1. The average molecular weight is 469 g/mol. The fraction of sp³-hybridized carbons (Fsp3) is 0.483. The Bertz CT molecular complexity index is 1080. The van der Waals surface area contributed by atoms with Gasteiger partial charge < -0.3 is 18.6 Å². The molecule has 5 heteroatoms. The largest absolute Gasteiger partial charge is 0.488 e. The topological polar surface area (TPSA) is 57.9 Å². The third-order valence-corrected chi connectivity index (χ3v) is 4.90. The lowest BCUT2D eigenvalue weighted by Gasteiger charge is -2.21. The first kappa shape index (κ1) is 27.3. The quantitative estimate of drug-likeness (QED) is 0.181. The van der Waals surface area contributed by atoms with E-state index in [1.165, 1.54) is 11.1 Å². The van der Waals surface area contributed by atoms with Gasteiger partial charge in [0.05, 0.1) is 12.0 Å². The molecule has 1 aromatic heterocycles. The highest BCUT2D eigenvalue weighted by Crippen LogP contribution is 2.35. The summed E-state index contributed by atoms with van der Waals surface area (Å²) in [5.74, 6) is 1.14.